The predicted molar refractivity (Wildman–Crippen MR) is 118 cm³/mol. The molecule has 0 aliphatic carbocycles. The molecule has 0 spiro atoms. The van der Waals surface area contributed by atoms with Crippen LogP contribution in [0.1, 0.15) is 17.5 Å². The third-order valence-corrected chi connectivity index (χ3v) is 8.49. The number of nitrogens with one attached hydrogen (secondary N) is 1. The molecule has 0 unspecified atom stereocenters. The Balaban J connectivity index is 1.67. The first kappa shape index (κ1) is 20.4. The Labute approximate surface area is 177 Å². The highest BCUT2D eigenvalue weighted by Crippen LogP contribution is 2.34. The van der Waals surface area contributed by atoms with Crippen molar-refractivity contribution in [1.29, 1.82) is 0 Å². The molecule has 0 aromatic heterocycles. The summed E-state index contributed by atoms with van der Waals surface area (Å²) in [5, 5.41) is 0. The molecule has 1 aliphatic rings. The molecular formula is C22H22N2O4S2. The molecule has 8 heteroatoms. The maximum absolute atomic E-state index is 13.1. The van der Waals surface area contributed by atoms with Crippen molar-refractivity contribution in [2.75, 3.05) is 15.6 Å². The molecular weight excluding hydrogens is 420 g/mol. The second-order valence-electron chi connectivity index (χ2n) is 7.21. The Bertz CT molecular complexity index is 1290. The molecule has 156 valence electrons. The van der Waals surface area contributed by atoms with Crippen molar-refractivity contribution in [3.8, 4) is 0 Å². The van der Waals surface area contributed by atoms with Gasteiger partial charge in [-0.2, -0.15) is 0 Å². The Morgan fingerprint density at radius 3 is 2.30 bits per heavy atom. The van der Waals surface area contributed by atoms with Crippen LogP contribution >= 0.6 is 0 Å². The van der Waals surface area contributed by atoms with Gasteiger partial charge in [-0.15, -0.1) is 0 Å². The van der Waals surface area contributed by atoms with Crippen molar-refractivity contribution in [1.82, 2.24) is 0 Å². The fraction of sp³-hybridized carbons (Fsp3) is 0.182. The van der Waals surface area contributed by atoms with E-state index in [1.165, 1.54) is 4.31 Å². The highest BCUT2D eigenvalue weighted by Gasteiger charge is 2.29. The van der Waals surface area contributed by atoms with Gasteiger partial charge in [0.1, 0.15) is 0 Å². The lowest BCUT2D eigenvalue weighted by molar-refractivity contribution is 0.586. The number of aryl methyl sites for hydroxylation is 2. The lowest BCUT2D eigenvalue weighted by Crippen LogP contribution is -2.35. The lowest BCUT2D eigenvalue weighted by Gasteiger charge is -2.31. The van der Waals surface area contributed by atoms with Gasteiger partial charge in [0.15, 0.2) is 0 Å². The van der Waals surface area contributed by atoms with Crippen LogP contribution in [0.2, 0.25) is 0 Å². The van der Waals surface area contributed by atoms with Crippen molar-refractivity contribution in [2.45, 2.75) is 29.6 Å². The fourth-order valence-electron chi connectivity index (χ4n) is 3.66. The minimum absolute atomic E-state index is 0.219. The zero-order valence-electron chi connectivity index (χ0n) is 16.4. The first-order chi connectivity index (χ1) is 14.3. The van der Waals surface area contributed by atoms with Crippen LogP contribution in [0, 0.1) is 6.92 Å². The number of fused-ring (bicyclic) bond motifs is 1. The SMILES string of the molecule is Cc1ccccc1S(=O)(=O)Nc1ccc2c(c1)CCCN2S(=O)(=O)c1ccccc1. The van der Waals surface area contributed by atoms with E-state index in [2.05, 4.69) is 4.72 Å². The fourth-order valence-corrected chi connectivity index (χ4v) is 6.52. The van der Waals surface area contributed by atoms with E-state index in [0.717, 1.165) is 5.56 Å². The first-order valence-corrected chi connectivity index (χ1v) is 12.5. The molecule has 6 nitrogen and oxygen atoms in total. The Kier molecular flexibility index (Phi) is 5.29. The maximum atomic E-state index is 13.1. The zero-order valence-corrected chi connectivity index (χ0v) is 18.1. The first-order valence-electron chi connectivity index (χ1n) is 9.58. The van der Waals surface area contributed by atoms with Crippen LogP contribution in [-0.4, -0.2) is 23.4 Å². The molecule has 3 aromatic rings. The summed E-state index contributed by atoms with van der Waals surface area (Å²) in [6.07, 6.45) is 1.34. The summed E-state index contributed by atoms with van der Waals surface area (Å²) in [5.41, 5.74) is 2.45. The summed E-state index contributed by atoms with van der Waals surface area (Å²) in [6.45, 7) is 2.13. The van der Waals surface area contributed by atoms with Crippen LogP contribution < -0.4 is 9.03 Å². The van der Waals surface area contributed by atoms with Crippen LogP contribution in [0.25, 0.3) is 0 Å². The van der Waals surface area contributed by atoms with E-state index in [-0.39, 0.29) is 9.79 Å². The number of hydrogen-bond donors (Lipinski definition) is 1. The normalized spacial score (nSPS) is 14.2. The van der Waals surface area contributed by atoms with Gasteiger partial charge in [0.05, 0.1) is 15.5 Å². The standard InChI is InChI=1S/C22H22N2O4S2/c1-17-8-5-6-12-22(17)29(25,26)23-19-13-14-21-18(16-19)9-7-15-24(21)30(27,28)20-10-3-2-4-11-20/h2-6,8,10-14,16,23H,7,9,15H2,1H3. The maximum Gasteiger partial charge on any atom is 0.264 e. The molecule has 1 N–H and O–H groups in total. The topological polar surface area (TPSA) is 83.6 Å². The van der Waals surface area contributed by atoms with Gasteiger partial charge in [0.25, 0.3) is 20.0 Å². The van der Waals surface area contributed by atoms with Crippen LogP contribution in [0.3, 0.4) is 0 Å². The second kappa shape index (κ2) is 7.77. The quantitative estimate of drug-likeness (QED) is 0.649. The smallest absolute Gasteiger partial charge is 0.264 e. The van der Waals surface area contributed by atoms with Crippen molar-refractivity contribution in [3.63, 3.8) is 0 Å². The summed E-state index contributed by atoms with van der Waals surface area (Å²) >= 11 is 0. The van der Waals surface area contributed by atoms with Crippen LogP contribution in [0.4, 0.5) is 11.4 Å². The van der Waals surface area contributed by atoms with Crippen molar-refractivity contribution < 1.29 is 16.8 Å². The van der Waals surface area contributed by atoms with E-state index in [1.54, 1.807) is 79.7 Å². The van der Waals surface area contributed by atoms with Crippen molar-refractivity contribution in [2.24, 2.45) is 0 Å². The van der Waals surface area contributed by atoms with E-state index >= 15 is 0 Å². The number of rotatable bonds is 5. The summed E-state index contributed by atoms with van der Waals surface area (Å²) in [4.78, 5) is 0.457. The number of hydrogen-bond acceptors (Lipinski definition) is 4. The van der Waals surface area contributed by atoms with Gasteiger partial charge in [-0.05, 0) is 67.3 Å². The van der Waals surface area contributed by atoms with Gasteiger partial charge in [0, 0.05) is 12.2 Å². The molecule has 0 bridgehead atoms. The van der Waals surface area contributed by atoms with Gasteiger partial charge >= 0.3 is 0 Å². The Hall–Kier alpha value is -2.84. The summed E-state index contributed by atoms with van der Waals surface area (Å²) in [7, 11) is -7.41. The van der Waals surface area contributed by atoms with Gasteiger partial charge in [-0.3, -0.25) is 9.03 Å². The van der Waals surface area contributed by atoms with E-state index < -0.39 is 20.0 Å². The molecule has 30 heavy (non-hydrogen) atoms. The molecule has 0 saturated heterocycles. The van der Waals surface area contributed by atoms with Crippen molar-refractivity contribution >= 4 is 31.4 Å². The third kappa shape index (κ3) is 3.80. The van der Waals surface area contributed by atoms with Gasteiger partial charge in [-0.25, -0.2) is 16.8 Å². The average molecular weight is 443 g/mol. The van der Waals surface area contributed by atoms with E-state index in [0.29, 0.717) is 36.3 Å². The molecule has 4 rings (SSSR count). The van der Waals surface area contributed by atoms with Gasteiger partial charge < -0.3 is 0 Å². The van der Waals surface area contributed by atoms with Gasteiger partial charge in [0.2, 0.25) is 0 Å². The van der Waals surface area contributed by atoms with Crippen LogP contribution in [0.15, 0.2) is 82.6 Å². The monoisotopic (exact) mass is 442 g/mol. The summed E-state index contributed by atoms with van der Waals surface area (Å²) in [5.74, 6) is 0. The Morgan fingerprint density at radius 1 is 0.867 bits per heavy atom. The predicted octanol–water partition coefficient (Wildman–Crippen LogP) is 3.94. The number of sulfonamides is 2. The van der Waals surface area contributed by atoms with E-state index in [9.17, 15) is 16.8 Å². The highest BCUT2D eigenvalue weighted by molar-refractivity contribution is 7.93. The molecule has 0 saturated carbocycles. The minimum atomic E-state index is -3.74. The van der Waals surface area contributed by atoms with Crippen LogP contribution in [-0.2, 0) is 26.5 Å². The molecule has 1 aliphatic heterocycles. The number of anilines is 2. The molecule has 1 heterocycles. The molecule has 0 fully saturated rings. The summed E-state index contributed by atoms with van der Waals surface area (Å²) in [6, 6.07) is 20.1. The van der Waals surface area contributed by atoms with Crippen LogP contribution in [0.5, 0.6) is 0 Å². The third-order valence-electron chi connectivity index (χ3n) is 5.12. The van der Waals surface area contributed by atoms with E-state index in [4.69, 9.17) is 0 Å². The number of benzene rings is 3. The molecule has 0 amide bonds. The highest BCUT2D eigenvalue weighted by atomic mass is 32.2. The average Bonchev–Trinajstić information content (AvgIpc) is 2.73. The minimum Gasteiger partial charge on any atom is -0.280 e. The van der Waals surface area contributed by atoms with Gasteiger partial charge in [-0.1, -0.05) is 36.4 Å². The largest absolute Gasteiger partial charge is 0.280 e. The summed E-state index contributed by atoms with van der Waals surface area (Å²) < 4.78 is 55.8. The van der Waals surface area contributed by atoms with E-state index in [1.807, 2.05) is 0 Å². The molecule has 0 atom stereocenters. The number of nitrogens with zero attached hydrogens (tertiary/aromatic N) is 1. The second-order valence-corrected chi connectivity index (χ2v) is 10.7. The lowest BCUT2D eigenvalue weighted by atomic mass is 10.0. The molecule has 3 aromatic carbocycles. The van der Waals surface area contributed by atoms with Crippen molar-refractivity contribution in [3.05, 3.63) is 83.9 Å². The zero-order chi connectivity index (χ0) is 21.4. The Morgan fingerprint density at radius 2 is 1.57 bits per heavy atom. The molecule has 0 radical (unpaired) electrons.